The number of halogens is 1. The first-order valence-electron chi connectivity index (χ1n) is 12.9. The minimum atomic E-state index is -0.351. The lowest BCUT2D eigenvalue weighted by molar-refractivity contribution is 0.599. The van der Waals surface area contributed by atoms with Crippen LogP contribution in [0.15, 0.2) is 59.6 Å². The summed E-state index contributed by atoms with van der Waals surface area (Å²) in [5.74, 6) is 0.632. The first-order valence-corrected chi connectivity index (χ1v) is 12.9. The van der Waals surface area contributed by atoms with Crippen LogP contribution in [0.4, 0.5) is 10.3 Å². The molecule has 2 aliphatic rings. The zero-order valence-corrected chi connectivity index (χ0v) is 21.0. The molecule has 0 spiro atoms. The molecule has 1 atom stereocenters. The summed E-state index contributed by atoms with van der Waals surface area (Å²) in [5, 5.41) is 9.61. The standard InChI is InChI=1S/C29H30FN7/c1-18(30)14-20(16-31-2)27-35-28-24(19-8-4-3-5-9-19)17-32-37(28)29(36-27)33-21-12-13-26-23(15-21)22-10-6-7-11-25(22)34-26/h6-8,10-11,14,16-17,21,34H,2-5,9,12-13,15H2,1H3,(H,33,35,36)/b18-14+,20-16+/t21-/m1/s1. The van der Waals surface area contributed by atoms with Gasteiger partial charge in [-0.05, 0) is 81.9 Å². The molecule has 2 aliphatic carbocycles. The lowest BCUT2D eigenvalue weighted by Crippen LogP contribution is -2.29. The number of anilines is 1. The number of hydrogen-bond donors (Lipinski definition) is 2. The highest BCUT2D eigenvalue weighted by atomic mass is 19.1. The summed E-state index contributed by atoms with van der Waals surface area (Å²) in [7, 11) is 0. The molecule has 7 nitrogen and oxygen atoms in total. The number of aliphatic imine (C=N–C) groups is 1. The number of H-pyrrole nitrogens is 1. The number of allylic oxidation sites excluding steroid dienone is 5. The van der Waals surface area contributed by atoms with Gasteiger partial charge in [-0.2, -0.15) is 14.6 Å². The lowest BCUT2D eigenvalue weighted by atomic mass is 9.91. The zero-order chi connectivity index (χ0) is 25.4. The molecule has 0 amide bonds. The molecule has 3 heterocycles. The highest BCUT2D eigenvalue weighted by Crippen LogP contribution is 2.32. The Balaban J connectivity index is 1.43. The van der Waals surface area contributed by atoms with E-state index < -0.39 is 0 Å². The van der Waals surface area contributed by atoms with E-state index in [0.29, 0.717) is 23.0 Å². The van der Waals surface area contributed by atoms with Crippen molar-refractivity contribution in [1.29, 1.82) is 0 Å². The normalized spacial score (nSPS) is 18.6. The van der Waals surface area contributed by atoms with Gasteiger partial charge < -0.3 is 10.3 Å². The molecule has 0 radical (unpaired) electrons. The first kappa shape index (κ1) is 23.3. The van der Waals surface area contributed by atoms with Gasteiger partial charge in [-0.15, -0.1) is 0 Å². The van der Waals surface area contributed by atoms with Crippen LogP contribution >= 0.6 is 0 Å². The second kappa shape index (κ2) is 9.76. The summed E-state index contributed by atoms with van der Waals surface area (Å²) >= 11 is 0. The summed E-state index contributed by atoms with van der Waals surface area (Å²) in [4.78, 5) is 17.1. The molecule has 4 aromatic rings. The molecule has 1 aromatic carbocycles. The van der Waals surface area contributed by atoms with Crippen LogP contribution in [0.1, 0.15) is 61.7 Å². The Bertz CT molecular complexity index is 1580. The van der Waals surface area contributed by atoms with Crippen molar-refractivity contribution in [3.8, 4) is 0 Å². The minimum absolute atomic E-state index is 0.169. The Labute approximate surface area is 214 Å². The molecule has 0 bridgehead atoms. The van der Waals surface area contributed by atoms with Crippen LogP contribution in [0.25, 0.3) is 27.7 Å². The predicted molar refractivity (Wildman–Crippen MR) is 147 cm³/mol. The third-order valence-electron chi connectivity index (χ3n) is 7.28. The van der Waals surface area contributed by atoms with Crippen molar-refractivity contribution in [2.75, 3.05) is 5.32 Å². The van der Waals surface area contributed by atoms with Crippen molar-refractivity contribution in [1.82, 2.24) is 24.6 Å². The highest BCUT2D eigenvalue weighted by Gasteiger charge is 2.25. The van der Waals surface area contributed by atoms with Crippen LogP contribution in [0.5, 0.6) is 0 Å². The van der Waals surface area contributed by atoms with Crippen LogP contribution in [-0.2, 0) is 12.8 Å². The number of nitrogens with zero attached hydrogens (tertiary/aromatic N) is 5. The van der Waals surface area contributed by atoms with Crippen molar-refractivity contribution < 1.29 is 4.39 Å². The lowest BCUT2D eigenvalue weighted by Gasteiger charge is -2.24. The molecule has 3 aromatic heterocycles. The fraction of sp³-hybridized carbons (Fsp3) is 0.310. The van der Waals surface area contributed by atoms with E-state index in [1.807, 2.05) is 6.20 Å². The third-order valence-corrected chi connectivity index (χ3v) is 7.28. The highest BCUT2D eigenvalue weighted by molar-refractivity contribution is 5.85. The molecule has 0 saturated heterocycles. The Morgan fingerprint density at radius 3 is 2.95 bits per heavy atom. The van der Waals surface area contributed by atoms with E-state index in [1.165, 1.54) is 53.4 Å². The van der Waals surface area contributed by atoms with Crippen molar-refractivity contribution in [2.24, 2.45) is 4.99 Å². The SMILES string of the molecule is C=N/C=C(\C=C(/C)F)c1nc(N[C@@H]2CCc3[nH]c4ccccc4c3C2)n2ncc(C3=CCCCC3)c2n1. The number of fused-ring (bicyclic) bond motifs is 4. The molecule has 37 heavy (non-hydrogen) atoms. The monoisotopic (exact) mass is 495 g/mol. The fourth-order valence-corrected chi connectivity index (χ4v) is 5.56. The molecular weight excluding hydrogens is 465 g/mol. The predicted octanol–water partition coefficient (Wildman–Crippen LogP) is 6.45. The third kappa shape index (κ3) is 4.48. The second-order valence-electron chi connectivity index (χ2n) is 9.85. The summed E-state index contributed by atoms with van der Waals surface area (Å²) in [5.41, 5.74) is 7.27. The van der Waals surface area contributed by atoms with Crippen molar-refractivity contribution in [3.63, 3.8) is 0 Å². The van der Waals surface area contributed by atoms with Crippen LogP contribution in [0, 0.1) is 0 Å². The van der Waals surface area contributed by atoms with E-state index in [2.05, 4.69) is 57.5 Å². The van der Waals surface area contributed by atoms with Gasteiger partial charge in [-0.1, -0.05) is 24.3 Å². The van der Waals surface area contributed by atoms with E-state index in [9.17, 15) is 4.39 Å². The molecule has 0 saturated carbocycles. The maximum atomic E-state index is 14.0. The summed E-state index contributed by atoms with van der Waals surface area (Å²) < 4.78 is 15.7. The number of rotatable bonds is 6. The number of aryl methyl sites for hydroxylation is 1. The number of para-hydroxylation sites is 1. The van der Waals surface area contributed by atoms with Gasteiger partial charge in [0.05, 0.1) is 12.0 Å². The Hall–Kier alpha value is -4.07. The Kier molecular flexibility index (Phi) is 6.16. The number of aromatic amines is 1. The van der Waals surface area contributed by atoms with Crippen molar-refractivity contribution in [2.45, 2.75) is 57.9 Å². The van der Waals surface area contributed by atoms with Gasteiger partial charge in [0.25, 0.3) is 0 Å². The van der Waals surface area contributed by atoms with Crippen molar-refractivity contribution >= 4 is 40.4 Å². The maximum absolute atomic E-state index is 14.0. The first-order chi connectivity index (χ1) is 18.1. The average Bonchev–Trinajstić information content (AvgIpc) is 3.50. The maximum Gasteiger partial charge on any atom is 0.228 e. The van der Waals surface area contributed by atoms with Crippen molar-refractivity contribution in [3.05, 3.63) is 77.3 Å². The smallest absolute Gasteiger partial charge is 0.228 e. The van der Waals surface area contributed by atoms with Gasteiger partial charge in [-0.25, -0.2) is 9.37 Å². The van der Waals surface area contributed by atoms with E-state index in [1.54, 1.807) is 4.52 Å². The molecule has 2 N–H and O–H groups in total. The van der Waals surface area contributed by atoms with Crippen LogP contribution in [0.3, 0.4) is 0 Å². The minimum Gasteiger partial charge on any atom is -0.358 e. The molecule has 0 fully saturated rings. The van der Waals surface area contributed by atoms with Gasteiger partial charge in [0, 0.05) is 40.0 Å². The van der Waals surface area contributed by atoms with Crippen LogP contribution in [-0.4, -0.2) is 37.3 Å². The van der Waals surface area contributed by atoms with Crippen LogP contribution in [0.2, 0.25) is 0 Å². The number of hydrogen-bond acceptors (Lipinski definition) is 5. The fourth-order valence-electron chi connectivity index (χ4n) is 5.56. The summed E-state index contributed by atoms with van der Waals surface area (Å²) in [6.07, 6.45) is 14.2. The zero-order valence-electron chi connectivity index (χ0n) is 21.0. The van der Waals surface area contributed by atoms with E-state index in [-0.39, 0.29) is 11.9 Å². The number of aromatic nitrogens is 5. The van der Waals surface area contributed by atoms with Gasteiger partial charge in [0.15, 0.2) is 11.5 Å². The summed E-state index contributed by atoms with van der Waals surface area (Å²) in [6.45, 7) is 4.95. The molecule has 188 valence electrons. The van der Waals surface area contributed by atoms with Gasteiger partial charge in [-0.3, -0.25) is 4.99 Å². The Morgan fingerprint density at radius 1 is 1.24 bits per heavy atom. The summed E-state index contributed by atoms with van der Waals surface area (Å²) in [6, 6.07) is 8.62. The largest absolute Gasteiger partial charge is 0.358 e. The van der Waals surface area contributed by atoms with Gasteiger partial charge in [0.1, 0.15) is 0 Å². The quantitative estimate of drug-likeness (QED) is 0.238. The Morgan fingerprint density at radius 2 is 2.14 bits per heavy atom. The average molecular weight is 496 g/mol. The van der Waals surface area contributed by atoms with E-state index >= 15 is 0 Å². The van der Waals surface area contributed by atoms with Crippen LogP contribution < -0.4 is 5.32 Å². The molecule has 6 rings (SSSR count). The van der Waals surface area contributed by atoms with E-state index in [0.717, 1.165) is 44.1 Å². The molecule has 0 unspecified atom stereocenters. The molecular formula is C29H30FN7. The topological polar surface area (TPSA) is 83.3 Å². The number of benzene rings is 1. The molecule has 8 heteroatoms. The molecule has 0 aliphatic heterocycles. The van der Waals surface area contributed by atoms with E-state index in [4.69, 9.17) is 9.97 Å². The second-order valence-corrected chi connectivity index (χ2v) is 9.85. The number of nitrogens with one attached hydrogen (secondary N) is 2. The van der Waals surface area contributed by atoms with Gasteiger partial charge >= 0.3 is 0 Å². The van der Waals surface area contributed by atoms with Gasteiger partial charge in [0.2, 0.25) is 5.95 Å².